The van der Waals surface area contributed by atoms with Gasteiger partial charge in [-0.15, -0.1) is 24.8 Å². The summed E-state index contributed by atoms with van der Waals surface area (Å²) in [5.74, 6) is -0.420. The Balaban J connectivity index is 0.00000220. The van der Waals surface area contributed by atoms with Crippen LogP contribution in [0.2, 0.25) is 0 Å². The van der Waals surface area contributed by atoms with Gasteiger partial charge in [0.15, 0.2) is 5.82 Å². The Hall–Kier alpha value is -4.31. The monoisotopic (exact) mass is 580 g/mol. The minimum absolute atomic E-state index is 0. The number of pyridine rings is 1. The molecule has 2 amide bonds. The van der Waals surface area contributed by atoms with Gasteiger partial charge in [0, 0.05) is 34.9 Å². The number of carbonyl (C=O) groups is 2. The van der Waals surface area contributed by atoms with Gasteiger partial charge in [-0.1, -0.05) is 36.4 Å². The highest BCUT2D eigenvalue weighted by Crippen LogP contribution is 2.27. The van der Waals surface area contributed by atoms with E-state index in [1.54, 1.807) is 42.7 Å². The van der Waals surface area contributed by atoms with Crippen molar-refractivity contribution in [3.63, 3.8) is 0 Å². The number of nitrogens with one attached hydrogen (secondary N) is 3. The van der Waals surface area contributed by atoms with Crippen molar-refractivity contribution in [1.29, 1.82) is 0 Å². The van der Waals surface area contributed by atoms with E-state index in [1.165, 1.54) is 12.1 Å². The first kappa shape index (κ1) is 30.2. The lowest BCUT2D eigenvalue weighted by Gasteiger charge is -2.11. The van der Waals surface area contributed by atoms with Crippen LogP contribution in [0.3, 0.4) is 0 Å². The molecule has 2 heterocycles. The molecule has 0 bridgehead atoms. The van der Waals surface area contributed by atoms with Gasteiger partial charge >= 0.3 is 0 Å². The SMILES string of the molecule is Cl.Cl.NCC(=O)Nc1cc(C(=O)NCCc2ccc(F)cc2)cc(-c2cnc(-c3cc4ccccc4cn3)[nH]2)c1. The Kier molecular flexibility index (Phi) is 10.3. The summed E-state index contributed by atoms with van der Waals surface area (Å²) in [7, 11) is 0. The summed E-state index contributed by atoms with van der Waals surface area (Å²) in [6.07, 6.45) is 4.00. The van der Waals surface area contributed by atoms with Crippen LogP contribution in [0.25, 0.3) is 33.5 Å². The summed E-state index contributed by atoms with van der Waals surface area (Å²) in [6.45, 7) is 0.173. The van der Waals surface area contributed by atoms with Gasteiger partial charge in [-0.3, -0.25) is 14.6 Å². The molecule has 0 saturated heterocycles. The number of halogens is 3. The van der Waals surface area contributed by atoms with Crippen LogP contribution >= 0.6 is 24.8 Å². The highest BCUT2D eigenvalue weighted by molar-refractivity contribution is 5.99. The number of aromatic amines is 1. The number of hydrogen-bond acceptors (Lipinski definition) is 5. The van der Waals surface area contributed by atoms with E-state index < -0.39 is 0 Å². The summed E-state index contributed by atoms with van der Waals surface area (Å²) in [5.41, 5.74) is 9.15. The van der Waals surface area contributed by atoms with Crippen LogP contribution in [0.4, 0.5) is 10.1 Å². The molecule has 0 atom stereocenters. The molecule has 0 aliphatic carbocycles. The molecule has 2 aromatic heterocycles. The van der Waals surface area contributed by atoms with Gasteiger partial charge in [0.05, 0.1) is 18.4 Å². The molecule has 8 nitrogen and oxygen atoms in total. The van der Waals surface area contributed by atoms with Gasteiger partial charge in [-0.05, 0) is 53.8 Å². The number of carbonyl (C=O) groups excluding carboxylic acids is 2. The first-order valence-electron chi connectivity index (χ1n) is 12.1. The van der Waals surface area contributed by atoms with Crippen LogP contribution in [-0.4, -0.2) is 39.9 Å². The first-order valence-corrected chi connectivity index (χ1v) is 12.1. The van der Waals surface area contributed by atoms with Crippen LogP contribution in [-0.2, 0) is 11.2 Å². The van der Waals surface area contributed by atoms with E-state index in [4.69, 9.17) is 5.73 Å². The van der Waals surface area contributed by atoms with E-state index in [9.17, 15) is 14.0 Å². The summed E-state index contributed by atoms with van der Waals surface area (Å²) in [4.78, 5) is 37.2. The molecular weight excluding hydrogens is 554 g/mol. The number of imidazole rings is 1. The number of fused-ring (bicyclic) bond motifs is 1. The maximum absolute atomic E-state index is 13.1. The van der Waals surface area contributed by atoms with Gasteiger partial charge < -0.3 is 21.4 Å². The van der Waals surface area contributed by atoms with E-state index in [1.807, 2.05) is 30.3 Å². The normalized spacial score (nSPS) is 10.3. The number of benzene rings is 3. The quantitative estimate of drug-likeness (QED) is 0.202. The molecule has 40 heavy (non-hydrogen) atoms. The fourth-order valence-corrected chi connectivity index (χ4v) is 4.08. The Morgan fingerprint density at radius 2 is 1.65 bits per heavy atom. The average molecular weight is 581 g/mol. The van der Waals surface area contributed by atoms with Crippen LogP contribution in [0.15, 0.2) is 85.2 Å². The number of hydrogen-bond donors (Lipinski definition) is 4. The van der Waals surface area contributed by atoms with Crippen molar-refractivity contribution in [3.05, 3.63) is 102 Å². The third-order valence-corrected chi connectivity index (χ3v) is 6.04. The Morgan fingerprint density at radius 3 is 2.40 bits per heavy atom. The molecule has 0 unspecified atom stereocenters. The van der Waals surface area contributed by atoms with E-state index in [-0.39, 0.29) is 49.0 Å². The number of nitrogens with two attached hydrogens (primary N) is 1. The zero-order valence-corrected chi connectivity index (χ0v) is 22.8. The zero-order valence-electron chi connectivity index (χ0n) is 21.2. The van der Waals surface area contributed by atoms with Crippen molar-refractivity contribution < 1.29 is 14.0 Å². The molecular formula is C29H27Cl2FN6O2. The Bertz CT molecular complexity index is 1620. The summed E-state index contributed by atoms with van der Waals surface area (Å²) in [5, 5.41) is 7.67. The Labute approximate surface area is 242 Å². The smallest absolute Gasteiger partial charge is 0.251 e. The minimum atomic E-state index is -0.379. The first-order chi connectivity index (χ1) is 18.5. The predicted octanol–water partition coefficient (Wildman–Crippen LogP) is 5.14. The molecule has 0 spiro atoms. The molecule has 0 fully saturated rings. The highest BCUT2D eigenvalue weighted by atomic mass is 35.5. The summed E-state index contributed by atoms with van der Waals surface area (Å²) >= 11 is 0. The standard InChI is InChI=1S/C29H25FN6O2.2ClH/c30-23-7-5-18(6-8-23)9-10-32-29(38)22-11-21(12-24(13-22)35-27(37)15-31)26-17-34-28(36-26)25-14-19-3-1-2-4-20(19)16-33-25;;/h1-8,11-14,16-17H,9-10,15,31H2,(H,32,38)(H,34,36)(H,35,37);2*1H. The molecule has 0 aliphatic heterocycles. The number of amides is 2. The molecule has 3 aromatic carbocycles. The van der Waals surface area contributed by atoms with E-state index in [0.29, 0.717) is 47.0 Å². The van der Waals surface area contributed by atoms with Crippen LogP contribution < -0.4 is 16.4 Å². The maximum atomic E-state index is 13.1. The molecule has 0 saturated carbocycles. The topological polar surface area (TPSA) is 126 Å². The fraction of sp³-hybridized carbons (Fsp3) is 0.103. The molecule has 5 rings (SSSR count). The summed E-state index contributed by atoms with van der Waals surface area (Å²) < 4.78 is 13.1. The van der Waals surface area contributed by atoms with Crippen molar-refractivity contribution >= 4 is 53.1 Å². The second-order valence-corrected chi connectivity index (χ2v) is 8.75. The van der Waals surface area contributed by atoms with E-state index >= 15 is 0 Å². The number of nitrogens with zero attached hydrogens (tertiary/aromatic N) is 2. The van der Waals surface area contributed by atoms with Crippen molar-refractivity contribution in [2.24, 2.45) is 5.73 Å². The number of H-pyrrole nitrogens is 1. The predicted molar refractivity (Wildman–Crippen MR) is 159 cm³/mol. The highest BCUT2D eigenvalue weighted by Gasteiger charge is 2.14. The van der Waals surface area contributed by atoms with Gasteiger partial charge in [0.25, 0.3) is 5.91 Å². The van der Waals surface area contributed by atoms with Crippen LogP contribution in [0.5, 0.6) is 0 Å². The van der Waals surface area contributed by atoms with Crippen LogP contribution in [0.1, 0.15) is 15.9 Å². The summed E-state index contributed by atoms with van der Waals surface area (Å²) in [6, 6.07) is 21.1. The van der Waals surface area contributed by atoms with Crippen molar-refractivity contribution in [3.8, 4) is 22.8 Å². The third-order valence-electron chi connectivity index (χ3n) is 6.04. The lowest BCUT2D eigenvalue weighted by Crippen LogP contribution is -2.26. The number of aromatic nitrogens is 3. The van der Waals surface area contributed by atoms with Crippen molar-refractivity contribution in [2.45, 2.75) is 6.42 Å². The van der Waals surface area contributed by atoms with Crippen LogP contribution in [0, 0.1) is 5.82 Å². The molecule has 206 valence electrons. The lowest BCUT2D eigenvalue weighted by atomic mass is 10.1. The second-order valence-electron chi connectivity index (χ2n) is 8.75. The molecule has 0 aliphatic rings. The Morgan fingerprint density at radius 1 is 0.900 bits per heavy atom. The van der Waals surface area contributed by atoms with E-state index in [2.05, 4.69) is 25.6 Å². The van der Waals surface area contributed by atoms with Gasteiger partial charge in [-0.25, -0.2) is 9.37 Å². The molecule has 0 radical (unpaired) electrons. The average Bonchev–Trinajstić information content (AvgIpc) is 3.44. The lowest BCUT2D eigenvalue weighted by molar-refractivity contribution is -0.114. The van der Waals surface area contributed by atoms with Crippen molar-refractivity contribution in [1.82, 2.24) is 20.3 Å². The van der Waals surface area contributed by atoms with Gasteiger partial charge in [0.1, 0.15) is 11.5 Å². The second kappa shape index (κ2) is 13.7. The van der Waals surface area contributed by atoms with Gasteiger partial charge in [-0.2, -0.15) is 0 Å². The number of rotatable bonds is 8. The fourth-order valence-electron chi connectivity index (χ4n) is 4.08. The maximum Gasteiger partial charge on any atom is 0.251 e. The zero-order chi connectivity index (χ0) is 26.5. The molecule has 11 heteroatoms. The third kappa shape index (κ3) is 7.20. The largest absolute Gasteiger partial charge is 0.352 e. The van der Waals surface area contributed by atoms with Crippen molar-refractivity contribution in [2.75, 3.05) is 18.4 Å². The van der Waals surface area contributed by atoms with E-state index in [0.717, 1.165) is 16.3 Å². The minimum Gasteiger partial charge on any atom is -0.352 e. The molecule has 5 N–H and O–H groups in total. The van der Waals surface area contributed by atoms with Gasteiger partial charge in [0.2, 0.25) is 5.91 Å². The number of anilines is 1. The molecule has 5 aromatic rings.